The van der Waals surface area contributed by atoms with Crippen LogP contribution in [-0.2, 0) is 5.41 Å². The van der Waals surface area contributed by atoms with Crippen LogP contribution in [0.15, 0.2) is 176 Å². The minimum atomic E-state index is -0.103. The Morgan fingerprint density at radius 3 is 1.87 bits per heavy atom. The number of rotatable bonds is 4. The fourth-order valence-electron chi connectivity index (χ4n) is 9.22. The van der Waals surface area contributed by atoms with Crippen LogP contribution in [0.1, 0.15) is 25.0 Å². The van der Waals surface area contributed by atoms with Gasteiger partial charge in [0.15, 0.2) is 0 Å². The van der Waals surface area contributed by atoms with Crippen LogP contribution in [0.25, 0.3) is 76.8 Å². The van der Waals surface area contributed by atoms with Crippen molar-refractivity contribution in [3.63, 3.8) is 0 Å². The third kappa shape index (κ3) is 4.17. The SMILES string of the molecule is CC1(C)c2ccccc2-c2ccc(N(c3cccc(-c4ccc5ccc6ccccc6c5c4)c3)c3cc4c5c(cccc5c3)-c3ccccc3-4)cc21. The first-order valence-corrected chi connectivity index (χ1v) is 18.3. The molecule has 9 aromatic carbocycles. The maximum absolute atomic E-state index is 2.48. The number of fused-ring (bicyclic) bond motifs is 9. The number of hydrogen-bond donors (Lipinski definition) is 0. The molecule has 0 heterocycles. The van der Waals surface area contributed by atoms with Crippen LogP contribution in [0.2, 0.25) is 0 Å². The highest BCUT2D eigenvalue weighted by Gasteiger charge is 2.36. The molecule has 0 bridgehead atoms. The number of anilines is 3. The van der Waals surface area contributed by atoms with E-state index in [2.05, 4.69) is 195 Å². The highest BCUT2D eigenvalue weighted by molar-refractivity contribution is 6.16. The molecule has 2 aliphatic carbocycles. The Kier molecular flexibility index (Phi) is 6.08. The lowest BCUT2D eigenvalue weighted by molar-refractivity contribution is 0.660. The van der Waals surface area contributed by atoms with Crippen molar-refractivity contribution in [3.05, 3.63) is 187 Å². The van der Waals surface area contributed by atoms with Crippen molar-refractivity contribution < 1.29 is 0 Å². The molecule has 0 fully saturated rings. The minimum absolute atomic E-state index is 0.103. The molecule has 244 valence electrons. The van der Waals surface area contributed by atoms with Crippen LogP contribution in [-0.4, -0.2) is 0 Å². The van der Waals surface area contributed by atoms with Gasteiger partial charge in [0, 0.05) is 22.5 Å². The van der Waals surface area contributed by atoms with Gasteiger partial charge in [-0.15, -0.1) is 0 Å². The summed E-state index contributed by atoms with van der Waals surface area (Å²) in [6, 6.07) is 65.6. The Bertz CT molecular complexity index is 2950. The molecule has 0 N–H and O–H groups in total. The molecule has 0 aromatic heterocycles. The van der Waals surface area contributed by atoms with Gasteiger partial charge in [0.2, 0.25) is 0 Å². The molecule has 9 aromatic rings. The molecule has 0 amide bonds. The van der Waals surface area contributed by atoms with E-state index in [9.17, 15) is 0 Å². The van der Waals surface area contributed by atoms with Gasteiger partial charge in [-0.05, 0) is 130 Å². The first-order valence-electron chi connectivity index (χ1n) is 18.3. The van der Waals surface area contributed by atoms with Crippen LogP contribution in [0.5, 0.6) is 0 Å². The van der Waals surface area contributed by atoms with Gasteiger partial charge < -0.3 is 4.90 Å². The summed E-state index contributed by atoms with van der Waals surface area (Å²) in [6.07, 6.45) is 0. The van der Waals surface area contributed by atoms with Gasteiger partial charge in [0.05, 0.1) is 0 Å². The molecule has 0 aliphatic heterocycles. The first-order chi connectivity index (χ1) is 25.5. The minimum Gasteiger partial charge on any atom is -0.310 e. The predicted molar refractivity (Wildman–Crippen MR) is 221 cm³/mol. The summed E-state index contributed by atoms with van der Waals surface area (Å²) >= 11 is 0. The lowest BCUT2D eigenvalue weighted by atomic mass is 9.82. The van der Waals surface area contributed by atoms with Gasteiger partial charge in [-0.3, -0.25) is 0 Å². The molecule has 0 unspecified atom stereocenters. The summed E-state index contributed by atoms with van der Waals surface area (Å²) in [4.78, 5) is 2.48. The van der Waals surface area contributed by atoms with Crippen LogP contribution in [0.4, 0.5) is 17.1 Å². The van der Waals surface area contributed by atoms with E-state index in [1.807, 2.05) is 0 Å². The lowest BCUT2D eigenvalue weighted by Gasteiger charge is -2.29. The fourth-order valence-corrected chi connectivity index (χ4v) is 9.22. The van der Waals surface area contributed by atoms with Crippen LogP contribution >= 0.6 is 0 Å². The molecule has 52 heavy (non-hydrogen) atoms. The monoisotopic (exact) mass is 661 g/mol. The van der Waals surface area contributed by atoms with Crippen molar-refractivity contribution in [1.82, 2.24) is 0 Å². The normalized spacial score (nSPS) is 13.3. The second kappa shape index (κ2) is 10.8. The Morgan fingerprint density at radius 2 is 0.981 bits per heavy atom. The van der Waals surface area contributed by atoms with Crippen molar-refractivity contribution in [2.75, 3.05) is 4.90 Å². The molecule has 0 spiro atoms. The lowest BCUT2D eigenvalue weighted by Crippen LogP contribution is -2.16. The largest absolute Gasteiger partial charge is 0.310 e. The average Bonchev–Trinajstić information content (AvgIpc) is 3.64. The first kappa shape index (κ1) is 29.3. The van der Waals surface area contributed by atoms with Crippen LogP contribution in [0.3, 0.4) is 0 Å². The summed E-state index contributed by atoms with van der Waals surface area (Å²) in [5.74, 6) is 0. The number of benzene rings is 9. The van der Waals surface area contributed by atoms with E-state index in [-0.39, 0.29) is 5.41 Å². The van der Waals surface area contributed by atoms with Gasteiger partial charge in [-0.25, -0.2) is 0 Å². The van der Waals surface area contributed by atoms with Gasteiger partial charge in [0.25, 0.3) is 0 Å². The molecule has 0 saturated heterocycles. The zero-order chi connectivity index (χ0) is 34.6. The van der Waals surface area contributed by atoms with Crippen molar-refractivity contribution >= 4 is 49.4 Å². The maximum atomic E-state index is 2.48. The quantitative estimate of drug-likeness (QED) is 0.170. The van der Waals surface area contributed by atoms with E-state index in [0.717, 1.165) is 17.1 Å². The maximum Gasteiger partial charge on any atom is 0.0474 e. The Balaban J connectivity index is 1.13. The zero-order valence-electron chi connectivity index (χ0n) is 29.2. The van der Waals surface area contributed by atoms with E-state index in [0.29, 0.717) is 0 Å². The summed E-state index contributed by atoms with van der Waals surface area (Å²) in [7, 11) is 0. The molecule has 1 heteroatoms. The standard InChI is InChI=1S/C51H35N/c1-51(2)48-20-8-7-18-43(48)44-26-25-38(31-49(44)51)52(39-28-36-13-10-19-45-41-16-5-6-17-42(41)47(30-39)50(36)45)37-14-9-12-34(27-37)35-24-23-33-22-21-32-11-3-4-15-40(32)46(33)29-35/h3-31H,1-2H3. The zero-order valence-corrected chi connectivity index (χ0v) is 29.2. The second-order valence-corrected chi connectivity index (χ2v) is 15.0. The van der Waals surface area contributed by atoms with Crippen LogP contribution < -0.4 is 4.90 Å². The molecule has 0 radical (unpaired) electrons. The molecule has 1 nitrogen and oxygen atoms in total. The van der Waals surface area contributed by atoms with Gasteiger partial charge >= 0.3 is 0 Å². The van der Waals surface area contributed by atoms with Gasteiger partial charge in [0.1, 0.15) is 0 Å². The predicted octanol–water partition coefficient (Wildman–Crippen LogP) is 14.2. The highest BCUT2D eigenvalue weighted by atomic mass is 15.1. The van der Waals surface area contributed by atoms with E-state index >= 15 is 0 Å². The summed E-state index contributed by atoms with van der Waals surface area (Å²) < 4.78 is 0. The Labute approximate surface area is 304 Å². The topological polar surface area (TPSA) is 3.24 Å². The van der Waals surface area contributed by atoms with Gasteiger partial charge in [-0.1, -0.05) is 147 Å². The summed E-state index contributed by atoms with van der Waals surface area (Å²) in [5, 5.41) is 7.70. The third-order valence-corrected chi connectivity index (χ3v) is 11.7. The van der Waals surface area contributed by atoms with Gasteiger partial charge in [-0.2, -0.15) is 0 Å². The number of nitrogens with zero attached hydrogens (tertiary/aromatic N) is 1. The Hall–Kier alpha value is -6.44. The molecule has 11 rings (SSSR count). The molecular formula is C51H35N. The van der Waals surface area contributed by atoms with E-state index in [4.69, 9.17) is 0 Å². The molecule has 0 atom stereocenters. The summed E-state index contributed by atoms with van der Waals surface area (Å²) in [5.41, 5.74) is 16.4. The Morgan fingerprint density at radius 1 is 0.346 bits per heavy atom. The van der Waals surface area contributed by atoms with E-state index in [1.165, 1.54) is 88.0 Å². The fraction of sp³-hybridized carbons (Fsp3) is 0.0588. The van der Waals surface area contributed by atoms with E-state index in [1.54, 1.807) is 0 Å². The molecule has 0 saturated carbocycles. The van der Waals surface area contributed by atoms with Crippen molar-refractivity contribution in [1.29, 1.82) is 0 Å². The third-order valence-electron chi connectivity index (χ3n) is 11.7. The van der Waals surface area contributed by atoms with Crippen molar-refractivity contribution in [2.45, 2.75) is 19.3 Å². The van der Waals surface area contributed by atoms with Crippen molar-refractivity contribution in [3.8, 4) is 44.5 Å². The second-order valence-electron chi connectivity index (χ2n) is 15.0. The average molecular weight is 662 g/mol. The highest BCUT2D eigenvalue weighted by Crippen LogP contribution is 2.53. The smallest absolute Gasteiger partial charge is 0.0474 e. The molecule has 2 aliphatic rings. The van der Waals surface area contributed by atoms with E-state index < -0.39 is 0 Å². The van der Waals surface area contributed by atoms with Crippen molar-refractivity contribution in [2.24, 2.45) is 0 Å². The molecular weight excluding hydrogens is 627 g/mol. The van der Waals surface area contributed by atoms with Crippen LogP contribution in [0, 0.1) is 0 Å². The number of hydrogen-bond acceptors (Lipinski definition) is 1. The summed E-state index contributed by atoms with van der Waals surface area (Å²) in [6.45, 7) is 4.73.